The number of carboxylic acid groups (broad SMARTS) is 1. The molecule has 0 heterocycles. The first-order valence-corrected chi connectivity index (χ1v) is 8.02. The van der Waals surface area contributed by atoms with E-state index in [0.29, 0.717) is 12.8 Å². The highest BCUT2D eigenvalue weighted by Gasteiger charge is 2.11. The topological polar surface area (TPSA) is 139 Å². The smallest absolute Gasteiger partial charge is 0.320 e. The predicted octanol–water partition coefficient (Wildman–Crippen LogP) is 0.635. The lowest BCUT2D eigenvalue weighted by Crippen LogP contribution is -2.39. The molecule has 1 amide bonds. The molecule has 0 unspecified atom stereocenters. The lowest BCUT2D eigenvalue weighted by Gasteiger charge is -2.06. The summed E-state index contributed by atoms with van der Waals surface area (Å²) in [7, 11) is 0. The molecule has 132 valence electrons. The Morgan fingerprint density at radius 2 is 1.78 bits per heavy atom. The third kappa shape index (κ3) is 11.8. The van der Waals surface area contributed by atoms with Gasteiger partial charge in [-0.25, -0.2) is 5.48 Å². The normalized spacial score (nSPS) is 12.0. The fourth-order valence-corrected chi connectivity index (χ4v) is 1.90. The predicted molar refractivity (Wildman–Crippen MR) is 93.9 cm³/mol. The van der Waals surface area contributed by atoms with Gasteiger partial charge in [-0.2, -0.15) is 11.8 Å². The molecule has 9 heteroatoms. The number of carbonyl (C=O) groups is 2. The van der Waals surface area contributed by atoms with Gasteiger partial charge < -0.3 is 16.6 Å². The van der Waals surface area contributed by atoms with Crippen molar-refractivity contribution in [3.05, 3.63) is 35.9 Å². The summed E-state index contributed by atoms with van der Waals surface area (Å²) < 4.78 is 0. The molecule has 0 saturated heterocycles. The van der Waals surface area contributed by atoms with E-state index in [9.17, 15) is 9.59 Å². The van der Waals surface area contributed by atoms with Crippen LogP contribution in [0.25, 0.3) is 0 Å². The molecule has 7 N–H and O–H groups in total. The second-order valence-corrected chi connectivity index (χ2v) is 5.48. The van der Waals surface area contributed by atoms with Gasteiger partial charge in [0.1, 0.15) is 6.04 Å². The lowest BCUT2D eigenvalue weighted by molar-refractivity contribution is -0.138. The number of hydrogen-bond donors (Lipinski definition) is 5. The van der Waals surface area contributed by atoms with Gasteiger partial charge in [0.05, 0.1) is 6.04 Å². The Bertz CT molecular complexity index is 451. The molecule has 0 saturated carbocycles. The van der Waals surface area contributed by atoms with Gasteiger partial charge in [0.15, 0.2) is 0 Å². The van der Waals surface area contributed by atoms with Crippen LogP contribution in [-0.4, -0.2) is 46.3 Å². The number of halogens is 1. The Balaban J connectivity index is 0. The van der Waals surface area contributed by atoms with Crippen LogP contribution in [0.15, 0.2) is 30.3 Å². The summed E-state index contributed by atoms with van der Waals surface area (Å²) in [4.78, 5) is 20.9. The number of rotatable bonds is 7. The molecule has 0 aliphatic rings. The quantitative estimate of drug-likeness (QED) is 0.353. The first kappa shape index (κ1) is 23.9. The fraction of sp³-hybridized carbons (Fsp3) is 0.429. The van der Waals surface area contributed by atoms with Gasteiger partial charge in [-0.3, -0.25) is 14.8 Å². The number of amides is 1. The van der Waals surface area contributed by atoms with Crippen molar-refractivity contribution in [2.45, 2.75) is 24.9 Å². The molecular weight excluding hydrogens is 342 g/mol. The van der Waals surface area contributed by atoms with Crippen molar-refractivity contribution < 1.29 is 19.9 Å². The highest BCUT2D eigenvalue weighted by Crippen LogP contribution is 2.01. The van der Waals surface area contributed by atoms with Crippen molar-refractivity contribution in [2.24, 2.45) is 11.5 Å². The van der Waals surface area contributed by atoms with E-state index in [4.69, 9.17) is 21.8 Å². The zero-order valence-corrected chi connectivity index (χ0v) is 14.5. The van der Waals surface area contributed by atoms with Crippen LogP contribution in [-0.2, 0) is 16.0 Å². The highest BCUT2D eigenvalue weighted by molar-refractivity contribution is 7.98. The van der Waals surface area contributed by atoms with Gasteiger partial charge in [-0.05, 0) is 30.4 Å². The number of nitrogens with two attached hydrogens (primary N) is 2. The highest BCUT2D eigenvalue weighted by atomic mass is 35.5. The lowest BCUT2D eigenvalue weighted by atomic mass is 10.1. The molecule has 0 fully saturated rings. The molecular formula is C14H24ClN3O4S. The molecule has 1 rings (SSSR count). The monoisotopic (exact) mass is 365 g/mol. The van der Waals surface area contributed by atoms with Gasteiger partial charge in [0.25, 0.3) is 5.91 Å². The van der Waals surface area contributed by atoms with E-state index >= 15 is 0 Å². The molecule has 2 atom stereocenters. The van der Waals surface area contributed by atoms with Crippen LogP contribution in [0.3, 0.4) is 0 Å². The Hall–Kier alpha value is -1.32. The molecule has 0 aliphatic carbocycles. The average Bonchev–Trinajstić information content (AvgIpc) is 2.53. The Kier molecular flexibility index (Phi) is 14.9. The fourth-order valence-electron chi connectivity index (χ4n) is 1.41. The van der Waals surface area contributed by atoms with Gasteiger partial charge in [0, 0.05) is 0 Å². The largest absolute Gasteiger partial charge is 0.480 e. The van der Waals surface area contributed by atoms with E-state index in [1.54, 1.807) is 11.8 Å². The molecule has 0 aromatic heterocycles. The Morgan fingerprint density at radius 3 is 2.22 bits per heavy atom. The first-order valence-electron chi connectivity index (χ1n) is 6.63. The van der Waals surface area contributed by atoms with Crippen molar-refractivity contribution in [3.63, 3.8) is 0 Å². The van der Waals surface area contributed by atoms with Crippen LogP contribution in [0.2, 0.25) is 0 Å². The number of aliphatic carboxylic acids is 1. The molecule has 0 radical (unpaired) electrons. The zero-order valence-electron chi connectivity index (χ0n) is 12.8. The van der Waals surface area contributed by atoms with Crippen LogP contribution in [0, 0.1) is 0 Å². The maximum Gasteiger partial charge on any atom is 0.320 e. The molecule has 7 nitrogen and oxygen atoms in total. The molecule has 1 aromatic carbocycles. The maximum atomic E-state index is 10.5. The number of benzene rings is 1. The SMILES string of the molecule is CSCC[C@H](N)C(=O)NO.Cl.N[C@@H](Cc1ccccc1)C(=O)O. The van der Waals surface area contributed by atoms with Crippen molar-refractivity contribution in [2.75, 3.05) is 12.0 Å². The molecule has 0 bridgehead atoms. The molecule has 1 aromatic rings. The third-order valence-corrected chi connectivity index (χ3v) is 3.34. The Labute approximate surface area is 146 Å². The van der Waals surface area contributed by atoms with Crippen LogP contribution in [0.1, 0.15) is 12.0 Å². The number of thioether (sulfide) groups is 1. The number of carboxylic acids is 1. The van der Waals surface area contributed by atoms with Gasteiger partial charge in [-0.1, -0.05) is 30.3 Å². The number of hydroxylamine groups is 1. The van der Waals surface area contributed by atoms with Crippen LogP contribution < -0.4 is 16.9 Å². The summed E-state index contributed by atoms with van der Waals surface area (Å²) in [5.41, 5.74) is 13.1. The van der Waals surface area contributed by atoms with E-state index in [1.165, 1.54) is 5.48 Å². The summed E-state index contributed by atoms with van der Waals surface area (Å²) in [6.07, 6.45) is 2.91. The summed E-state index contributed by atoms with van der Waals surface area (Å²) in [6.45, 7) is 0. The number of carbonyl (C=O) groups excluding carboxylic acids is 1. The van der Waals surface area contributed by atoms with Crippen molar-refractivity contribution in [1.29, 1.82) is 0 Å². The zero-order chi connectivity index (χ0) is 17.0. The van der Waals surface area contributed by atoms with Crippen LogP contribution >= 0.6 is 24.2 Å². The van der Waals surface area contributed by atoms with Crippen LogP contribution in [0.4, 0.5) is 0 Å². The second-order valence-electron chi connectivity index (χ2n) is 4.50. The molecule has 0 aliphatic heterocycles. The van der Waals surface area contributed by atoms with Crippen molar-refractivity contribution >= 4 is 36.0 Å². The first-order chi connectivity index (χ1) is 10.4. The minimum absolute atomic E-state index is 0. The molecule has 0 spiro atoms. The van der Waals surface area contributed by atoms with E-state index < -0.39 is 24.0 Å². The van der Waals surface area contributed by atoms with Gasteiger partial charge in [-0.15, -0.1) is 12.4 Å². The van der Waals surface area contributed by atoms with E-state index in [1.807, 2.05) is 36.6 Å². The maximum absolute atomic E-state index is 10.5. The summed E-state index contributed by atoms with van der Waals surface area (Å²) in [6, 6.07) is 7.96. The second kappa shape index (κ2) is 14.3. The summed E-state index contributed by atoms with van der Waals surface area (Å²) in [5, 5.41) is 16.6. The summed E-state index contributed by atoms with van der Waals surface area (Å²) >= 11 is 1.62. The van der Waals surface area contributed by atoms with E-state index in [0.717, 1.165) is 11.3 Å². The average molecular weight is 366 g/mol. The van der Waals surface area contributed by atoms with Gasteiger partial charge in [0.2, 0.25) is 0 Å². The molecule has 23 heavy (non-hydrogen) atoms. The third-order valence-electron chi connectivity index (χ3n) is 2.70. The van der Waals surface area contributed by atoms with Crippen LogP contribution in [0.5, 0.6) is 0 Å². The van der Waals surface area contributed by atoms with E-state index in [2.05, 4.69) is 0 Å². The summed E-state index contributed by atoms with van der Waals surface area (Å²) in [5.74, 6) is -0.651. The number of nitrogens with one attached hydrogen (secondary N) is 1. The minimum atomic E-state index is -0.959. The standard InChI is InChI=1S/C9H11NO2.C5H12N2O2S.ClH/c10-8(9(11)12)6-7-4-2-1-3-5-7;1-10-3-2-4(6)5(8)7-9;/h1-5,8H,6,10H2,(H,11,12);4,9H,2-3,6H2,1H3,(H,7,8);1H/t8-;4-;/m00./s1. The Morgan fingerprint density at radius 1 is 1.22 bits per heavy atom. The minimum Gasteiger partial charge on any atom is -0.480 e. The van der Waals surface area contributed by atoms with Gasteiger partial charge >= 0.3 is 5.97 Å². The number of hydrogen-bond acceptors (Lipinski definition) is 6. The van der Waals surface area contributed by atoms with Crippen molar-refractivity contribution in [3.8, 4) is 0 Å². The van der Waals surface area contributed by atoms with Crippen molar-refractivity contribution in [1.82, 2.24) is 5.48 Å². The van der Waals surface area contributed by atoms with E-state index in [-0.39, 0.29) is 12.4 Å².